The van der Waals surface area contributed by atoms with Crippen molar-refractivity contribution in [2.24, 2.45) is 5.41 Å². The molecule has 1 aliphatic carbocycles. The van der Waals surface area contributed by atoms with E-state index in [9.17, 15) is 8.42 Å². The van der Waals surface area contributed by atoms with E-state index in [1.807, 2.05) is 19.1 Å². The molecule has 0 saturated heterocycles. The van der Waals surface area contributed by atoms with Gasteiger partial charge in [0.25, 0.3) is 0 Å². The number of hydrogen-bond donors (Lipinski definition) is 1. The highest BCUT2D eigenvalue weighted by atomic mass is 32.2. The van der Waals surface area contributed by atoms with E-state index in [1.54, 1.807) is 12.1 Å². The second-order valence-electron chi connectivity index (χ2n) is 6.86. The zero-order valence-corrected chi connectivity index (χ0v) is 14.3. The van der Waals surface area contributed by atoms with Crippen LogP contribution in [0.15, 0.2) is 29.2 Å². The lowest BCUT2D eigenvalue weighted by Crippen LogP contribution is -2.47. The van der Waals surface area contributed by atoms with Gasteiger partial charge in [-0.2, -0.15) is 0 Å². The van der Waals surface area contributed by atoms with Crippen molar-refractivity contribution < 1.29 is 8.42 Å². The molecule has 21 heavy (non-hydrogen) atoms. The van der Waals surface area contributed by atoms with Crippen LogP contribution < -0.4 is 5.32 Å². The Kier molecular flexibility index (Phi) is 4.79. The van der Waals surface area contributed by atoms with Gasteiger partial charge in [0.1, 0.15) is 0 Å². The normalized spacial score (nSPS) is 25.1. The van der Waals surface area contributed by atoms with E-state index in [4.69, 9.17) is 0 Å². The first-order chi connectivity index (χ1) is 9.79. The summed E-state index contributed by atoms with van der Waals surface area (Å²) in [5, 5.41) is 3.16. The molecule has 0 bridgehead atoms. The number of sulfone groups is 1. The molecular formula is C17H27NO2S. The van der Waals surface area contributed by atoms with Crippen LogP contribution in [0.1, 0.15) is 45.6 Å². The lowest BCUT2D eigenvalue weighted by atomic mass is 9.87. The van der Waals surface area contributed by atoms with E-state index in [0.717, 1.165) is 31.4 Å². The molecule has 0 heterocycles. The van der Waals surface area contributed by atoms with Crippen molar-refractivity contribution in [3.05, 3.63) is 29.8 Å². The molecule has 0 aliphatic heterocycles. The molecule has 2 unspecified atom stereocenters. The van der Waals surface area contributed by atoms with Crippen molar-refractivity contribution in [2.75, 3.05) is 6.54 Å². The van der Waals surface area contributed by atoms with Crippen LogP contribution in [-0.4, -0.2) is 26.3 Å². The van der Waals surface area contributed by atoms with Gasteiger partial charge in [0.15, 0.2) is 9.84 Å². The smallest absolute Gasteiger partial charge is 0.182 e. The minimum Gasteiger partial charge on any atom is -0.312 e. The molecule has 4 heteroatoms. The van der Waals surface area contributed by atoms with Crippen LogP contribution in [0.4, 0.5) is 0 Å². The Labute approximate surface area is 129 Å². The van der Waals surface area contributed by atoms with E-state index >= 15 is 0 Å². The molecule has 1 fully saturated rings. The van der Waals surface area contributed by atoms with Crippen molar-refractivity contribution in [2.45, 2.75) is 63.1 Å². The first-order valence-corrected chi connectivity index (χ1v) is 9.37. The topological polar surface area (TPSA) is 46.2 Å². The summed E-state index contributed by atoms with van der Waals surface area (Å²) in [6, 6.07) is 7.27. The van der Waals surface area contributed by atoms with Crippen LogP contribution in [0.3, 0.4) is 0 Å². The average Bonchev–Trinajstić information content (AvgIpc) is 2.72. The highest BCUT2D eigenvalue weighted by molar-refractivity contribution is 7.92. The summed E-state index contributed by atoms with van der Waals surface area (Å²) in [6.45, 7) is 9.29. The molecule has 1 aliphatic rings. The van der Waals surface area contributed by atoms with Gasteiger partial charge >= 0.3 is 0 Å². The van der Waals surface area contributed by atoms with Crippen LogP contribution in [0.2, 0.25) is 0 Å². The van der Waals surface area contributed by atoms with Crippen molar-refractivity contribution in [1.82, 2.24) is 5.32 Å². The maximum Gasteiger partial charge on any atom is 0.182 e. The summed E-state index contributed by atoms with van der Waals surface area (Å²) in [5.74, 6) is 0. The molecule has 1 aromatic carbocycles. The van der Waals surface area contributed by atoms with Gasteiger partial charge in [-0.25, -0.2) is 8.42 Å². The van der Waals surface area contributed by atoms with Crippen LogP contribution in [0.25, 0.3) is 0 Å². The second-order valence-corrected chi connectivity index (χ2v) is 9.02. The highest BCUT2D eigenvalue weighted by Crippen LogP contribution is 2.42. The third-order valence-electron chi connectivity index (χ3n) is 4.65. The van der Waals surface area contributed by atoms with Crippen LogP contribution >= 0.6 is 0 Å². The molecule has 0 radical (unpaired) electrons. The van der Waals surface area contributed by atoms with Gasteiger partial charge in [0.05, 0.1) is 10.1 Å². The number of hydrogen-bond acceptors (Lipinski definition) is 3. The van der Waals surface area contributed by atoms with E-state index < -0.39 is 9.84 Å². The largest absolute Gasteiger partial charge is 0.312 e. The van der Waals surface area contributed by atoms with Gasteiger partial charge in [-0.1, -0.05) is 38.5 Å². The third kappa shape index (κ3) is 3.32. The van der Waals surface area contributed by atoms with Gasteiger partial charge in [0.2, 0.25) is 0 Å². The van der Waals surface area contributed by atoms with Crippen molar-refractivity contribution in [3.63, 3.8) is 0 Å². The fourth-order valence-electron chi connectivity index (χ4n) is 3.28. The molecule has 0 spiro atoms. The SMILES string of the molecule is CCCNC1C(S(=O)(=O)c2ccc(C)cc2)CCC1(C)C. The van der Waals surface area contributed by atoms with Crippen molar-refractivity contribution in [1.29, 1.82) is 0 Å². The Hall–Kier alpha value is -0.870. The minimum atomic E-state index is -3.27. The Morgan fingerprint density at radius 2 is 1.86 bits per heavy atom. The second kappa shape index (κ2) is 6.09. The van der Waals surface area contributed by atoms with Gasteiger partial charge in [-0.3, -0.25) is 0 Å². The molecular weight excluding hydrogens is 282 g/mol. The molecule has 0 aromatic heterocycles. The van der Waals surface area contributed by atoms with Crippen LogP contribution in [0.5, 0.6) is 0 Å². The van der Waals surface area contributed by atoms with Crippen LogP contribution in [-0.2, 0) is 9.84 Å². The van der Waals surface area contributed by atoms with E-state index in [2.05, 4.69) is 26.1 Å². The number of benzene rings is 1. The summed E-state index contributed by atoms with van der Waals surface area (Å²) in [7, 11) is -3.27. The van der Waals surface area contributed by atoms with E-state index in [-0.39, 0.29) is 16.7 Å². The first-order valence-electron chi connectivity index (χ1n) is 7.83. The predicted molar refractivity (Wildman–Crippen MR) is 87.2 cm³/mol. The number of nitrogens with one attached hydrogen (secondary N) is 1. The van der Waals surface area contributed by atoms with Gasteiger partial charge in [-0.05, 0) is 50.3 Å². The Balaban J connectivity index is 2.32. The minimum absolute atomic E-state index is 0.0254. The summed E-state index contributed by atoms with van der Waals surface area (Å²) >= 11 is 0. The van der Waals surface area contributed by atoms with Gasteiger partial charge in [-0.15, -0.1) is 0 Å². The molecule has 2 rings (SSSR count). The zero-order valence-electron chi connectivity index (χ0n) is 13.5. The van der Waals surface area contributed by atoms with Crippen LogP contribution in [0, 0.1) is 12.3 Å². The Bertz CT molecular complexity index is 575. The average molecular weight is 309 g/mol. The maximum atomic E-state index is 13.0. The van der Waals surface area contributed by atoms with E-state index in [0.29, 0.717) is 4.90 Å². The molecule has 1 saturated carbocycles. The maximum absolute atomic E-state index is 13.0. The zero-order chi connectivity index (χ0) is 15.7. The summed E-state index contributed by atoms with van der Waals surface area (Å²) < 4.78 is 25.9. The Morgan fingerprint density at radius 1 is 1.24 bits per heavy atom. The molecule has 2 atom stereocenters. The monoisotopic (exact) mass is 309 g/mol. The summed E-state index contributed by atoms with van der Waals surface area (Å²) in [6.07, 6.45) is 2.71. The van der Waals surface area contributed by atoms with Crippen molar-refractivity contribution >= 4 is 9.84 Å². The lowest BCUT2D eigenvalue weighted by molar-refractivity contribution is 0.285. The molecule has 3 nitrogen and oxygen atoms in total. The van der Waals surface area contributed by atoms with Gasteiger partial charge < -0.3 is 5.32 Å². The van der Waals surface area contributed by atoms with Gasteiger partial charge in [0, 0.05) is 6.04 Å². The van der Waals surface area contributed by atoms with Crippen molar-refractivity contribution in [3.8, 4) is 0 Å². The van der Waals surface area contributed by atoms with E-state index in [1.165, 1.54) is 0 Å². The lowest BCUT2D eigenvalue weighted by Gasteiger charge is -2.31. The third-order valence-corrected chi connectivity index (χ3v) is 6.88. The molecule has 118 valence electrons. The summed E-state index contributed by atoms with van der Waals surface area (Å²) in [4.78, 5) is 0.457. The molecule has 1 aromatic rings. The standard InChI is InChI=1S/C17H27NO2S/c1-5-12-18-16-15(10-11-17(16,3)4)21(19,20)14-8-6-13(2)7-9-14/h6-9,15-16,18H,5,10-12H2,1-4H3. The fraction of sp³-hybridized carbons (Fsp3) is 0.647. The number of aryl methyl sites for hydroxylation is 1. The molecule has 0 amide bonds. The molecule has 1 N–H and O–H groups in total. The number of rotatable bonds is 5. The Morgan fingerprint density at radius 3 is 2.43 bits per heavy atom. The predicted octanol–water partition coefficient (Wildman–Crippen LogP) is 3.33. The fourth-order valence-corrected chi connectivity index (χ4v) is 5.40. The first kappa shape index (κ1) is 16.5. The quantitative estimate of drug-likeness (QED) is 0.907. The summed E-state index contributed by atoms with van der Waals surface area (Å²) in [5.41, 5.74) is 1.11. The highest BCUT2D eigenvalue weighted by Gasteiger charge is 2.47.